The fraction of sp³-hybridized carbons (Fsp3) is 0.190. The Kier molecular flexibility index (Phi) is 6.07. The minimum absolute atomic E-state index is 0.316. The molecule has 5 heteroatoms. The smallest absolute Gasteiger partial charge is 0.332 e. The molecule has 0 aliphatic heterocycles. The molecule has 2 rings (SSSR count). The number of ketones is 1. The van der Waals surface area contributed by atoms with E-state index < -0.39 is 30.1 Å². The minimum Gasteiger partial charge on any atom is -0.481 e. The molecule has 2 aromatic carbocycles. The highest BCUT2D eigenvalue weighted by molar-refractivity contribution is 6.03. The van der Waals surface area contributed by atoms with E-state index in [1.807, 2.05) is 26.0 Å². The topological polar surface area (TPSA) is 91.7 Å². The van der Waals surface area contributed by atoms with Crippen LogP contribution >= 0.6 is 0 Å². The number of Topliss-reactive ketones (excluding diaryl/α,β-unsaturated/α-hetero) is 1. The van der Waals surface area contributed by atoms with Crippen LogP contribution in [0.3, 0.4) is 0 Å². The molecule has 0 radical (unpaired) electrons. The van der Waals surface area contributed by atoms with Crippen LogP contribution in [0.5, 0.6) is 0 Å². The minimum atomic E-state index is -1.43. The first-order valence-corrected chi connectivity index (χ1v) is 8.12. The molecule has 0 heterocycles. The first-order chi connectivity index (χ1) is 12.3. The summed E-state index contributed by atoms with van der Waals surface area (Å²) in [6.07, 6.45) is 0.903. The van der Waals surface area contributed by atoms with Gasteiger partial charge in [-0.15, -0.1) is 0 Å². The van der Waals surface area contributed by atoms with Crippen molar-refractivity contribution in [3.8, 4) is 0 Å². The van der Waals surface area contributed by atoms with Crippen molar-refractivity contribution in [3.63, 3.8) is 0 Å². The molecule has 2 N–H and O–H groups in total. The van der Waals surface area contributed by atoms with Crippen LogP contribution in [0.1, 0.15) is 33.5 Å². The van der Waals surface area contributed by atoms with Gasteiger partial charge in [-0.25, -0.2) is 4.79 Å². The molecule has 0 aliphatic carbocycles. The van der Waals surface area contributed by atoms with Crippen LogP contribution in [0.4, 0.5) is 0 Å². The van der Waals surface area contributed by atoms with E-state index in [9.17, 15) is 24.6 Å². The van der Waals surface area contributed by atoms with Crippen molar-refractivity contribution in [2.75, 3.05) is 0 Å². The Morgan fingerprint density at radius 3 is 2.12 bits per heavy atom. The van der Waals surface area contributed by atoms with Crippen LogP contribution in [-0.4, -0.2) is 27.9 Å². The number of hydrogen-bond donors (Lipinski definition) is 2. The summed E-state index contributed by atoms with van der Waals surface area (Å²) in [4.78, 5) is 35.8. The number of carbonyl (C=O) groups is 3. The van der Waals surface area contributed by atoms with E-state index in [4.69, 9.17) is 0 Å². The summed E-state index contributed by atoms with van der Waals surface area (Å²) in [6, 6.07) is 13.8. The van der Waals surface area contributed by atoms with Crippen LogP contribution in [-0.2, 0) is 9.59 Å². The third kappa shape index (κ3) is 4.89. The SMILES string of the molecule is Cc1cccc(C=C(C(=O)O)C(CC(=O)c2cccc(C)c2)C(=O)O)c1. The average Bonchev–Trinajstić information content (AvgIpc) is 2.57. The van der Waals surface area contributed by atoms with Gasteiger partial charge in [0.05, 0.1) is 11.5 Å². The third-order valence-corrected chi connectivity index (χ3v) is 4.01. The molecule has 5 nitrogen and oxygen atoms in total. The average molecular weight is 352 g/mol. The number of rotatable bonds is 7. The lowest BCUT2D eigenvalue weighted by molar-refractivity contribution is -0.143. The van der Waals surface area contributed by atoms with Gasteiger partial charge in [0, 0.05) is 12.0 Å². The Balaban J connectivity index is 2.37. The summed E-state index contributed by atoms with van der Waals surface area (Å²) in [5.41, 5.74) is 2.43. The maximum atomic E-state index is 12.5. The van der Waals surface area contributed by atoms with Gasteiger partial charge in [-0.2, -0.15) is 0 Å². The van der Waals surface area contributed by atoms with Crippen molar-refractivity contribution < 1.29 is 24.6 Å². The van der Waals surface area contributed by atoms with Gasteiger partial charge in [0.15, 0.2) is 5.78 Å². The molecule has 1 atom stereocenters. The number of carboxylic acid groups (broad SMARTS) is 2. The maximum absolute atomic E-state index is 12.5. The Morgan fingerprint density at radius 2 is 1.58 bits per heavy atom. The number of aryl methyl sites for hydroxylation is 2. The van der Waals surface area contributed by atoms with Crippen LogP contribution < -0.4 is 0 Å². The van der Waals surface area contributed by atoms with Crippen LogP contribution in [0.15, 0.2) is 54.1 Å². The predicted octanol–water partition coefficient (Wildman–Crippen LogP) is 3.75. The molecular formula is C21H20O5. The fourth-order valence-electron chi connectivity index (χ4n) is 2.70. The summed E-state index contributed by atoms with van der Waals surface area (Å²) >= 11 is 0. The first-order valence-electron chi connectivity index (χ1n) is 8.12. The zero-order valence-electron chi connectivity index (χ0n) is 14.6. The van der Waals surface area contributed by atoms with Gasteiger partial charge in [-0.05, 0) is 31.6 Å². The van der Waals surface area contributed by atoms with Gasteiger partial charge in [0.2, 0.25) is 0 Å². The van der Waals surface area contributed by atoms with Crippen molar-refractivity contribution in [1.82, 2.24) is 0 Å². The van der Waals surface area contributed by atoms with Gasteiger partial charge in [0.1, 0.15) is 0 Å². The second-order valence-corrected chi connectivity index (χ2v) is 6.21. The Bertz CT molecular complexity index is 879. The quantitative estimate of drug-likeness (QED) is 0.585. The van der Waals surface area contributed by atoms with Gasteiger partial charge in [-0.1, -0.05) is 53.6 Å². The molecule has 0 spiro atoms. The van der Waals surface area contributed by atoms with Crippen molar-refractivity contribution in [1.29, 1.82) is 0 Å². The third-order valence-electron chi connectivity index (χ3n) is 4.01. The number of carbonyl (C=O) groups excluding carboxylic acids is 1. The largest absolute Gasteiger partial charge is 0.481 e. The van der Waals surface area contributed by atoms with Gasteiger partial charge in [-0.3, -0.25) is 9.59 Å². The highest BCUT2D eigenvalue weighted by atomic mass is 16.4. The molecule has 0 aromatic heterocycles. The first kappa shape index (κ1) is 19.1. The number of hydrogen-bond acceptors (Lipinski definition) is 3. The lowest BCUT2D eigenvalue weighted by Crippen LogP contribution is -2.24. The zero-order chi connectivity index (χ0) is 19.3. The highest BCUT2D eigenvalue weighted by Crippen LogP contribution is 2.23. The van der Waals surface area contributed by atoms with Crippen molar-refractivity contribution >= 4 is 23.8 Å². The molecular weight excluding hydrogens is 332 g/mol. The summed E-state index contributed by atoms with van der Waals surface area (Å²) in [6.45, 7) is 3.68. The lowest BCUT2D eigenvalue weighted by Gasteiger charge is -2.13. The molecule has 0 aliphatic rings. The summed E-state index contributed by atoms with van der Waals surface area (Å²) in [5.74, 6) is -4.53. The normalized spacial score (nSPS) is 12.5. The molecule has 1 unspecified atom stereocenters. The molecule has 0 saturated carbocycles. The summed E-state index contributed by atoms with van der Waals surface area (Å²) < 4.78 is 0. The Labute approximate surface area is 151 Å². The van der Waals surface area contributed by atoms with E-state index in [-0.39, 0.29) is 5.57 Å². The zero-order valence-corrected chi connectivity index (χ0v) is 14.6. The molecule has 0 fully saturated rings. The molecule has 2 aromatic rings. The second-order valence-electron chi connectivity index (χ2n) is 6.21. The van der Waals surface area contributed by atoms with Crippen LogP contribution in [0.2, 0.25) is 0 Å². The van der Waals surface area contributed by atoms with Gasteiger partial charge >= 0.3 is 11.9 Å². The van der Waals surface area contributed by atoms with E-state index in [0.29, 0.717) is 11.1 Å². The Hall–Kier alpha value is -3.21. The number of benzene rings is 2. The molecule has 26 heavy (non-hydrogen) atoms. The molecule has 134 valence electrons. The maximum Gasteiger partial charge on any atom is 0.332 e. The second kappa shape index (κ2) is 8.25. The van der Waals surface area contributed by atoms with Gasteiger partial charge < -0.3 is 10.2 Å². The van der Waals surface area contributed by atoms with E-state index in [1.54, 1.807) is 36.4 Å². The van der Waals surface area contributed by atoms with E-state index in [2.05, 4.69) is 0 Å². The predicted molar refractivity (Wildman–Crippen MR) is 98.0 cm³/mol. The lowest BCUT2D eigenvalue weighted by atomic mass is 9.89. The molecule has 0 bridgehead atoms. The monoisotopic (exact) mass is 352 g/mol. The van der Waals surface area contributed by atoms with Crippen molar-refractivity contribution in [2.45, 2.75) is 20.3 Å². The number of carboxylic acids is 2. The number of aliphatic carboxylic acids is 2. The van der Waals surface area contributed by atoms with E-state index in [0.717, 1.165) is 11.1 Å². The van der Waals surface area contributed by atoms with Gasteiger partial charge in [0.25, 0.3) is 0 Å². The van der Waals surface area contributed by atoms with Crippen molar-refractivity contribution in [3.05, 3.63) is 76.4 Å². The standard InChI is InChI=1S/C21H20O5/c1-13-5-3-7-15(9-13)11-17(20(23)24)18(21(25)26)12-19(22)16-8-4-6-14(2)10-16/h3-11,18H,12H2,1-2H3,(H,23,24)(H,25,26). The highest BCUT2D eigenvalue weighted by Gasteiger charge is 2.30. The van der Waals surface area contributed by atoms with Crippen molar-refractivity contribution in [2.24, 2.45) is 5.92 Å². The fourth-order valence-corrected chi connectivity index (χ4v) is 2.70. The van der Waals surface area contributed by atoms with E-state index >= 15 is 0 Å². The van der Waals surface area contributed by atoms with Crippen LogP contribution in [0, 0.1) is 19.8 Å². The summed E-state index contributed by atoms with van der Waals surface area (Å²) in [7, 11) is 0. The molecule has 0 saturated heterocycles. The van der Waals surface area contributed by atoms with E-state index in [1.165, 1.54) is 6.08 Å². The molecule has 0 amide bonds. The van der Waals surface area contributed by atoms with Crippen LogP contribution in [0.25, 0.3) is 6.08 Å². The summed E-state index contributed by atoms with van der Waals surface area (Å²) in [5, 5.41) is 19.0. The Morgan fingerprint density at radius 1 is 0.962 bits per heavy atom.